The summed E-state index contributed by atoms with van der Waals surface area (Å²) < 4.78 is 62.8. The molecule has 0 atom stereocenters. The lowest BCUT2D eigenvalue weighted by atomic mass is 10.2. The van der Waals surface area contributed by atoms with E-state index in [0.29, 0.717) is 11.1 Å². The van der Waals surface area contributed by atoms with Crippen LogP contribution in [0.25, 0.3) is 0 Å². The number of hydrogen-bond donors (Lipinski definition) is 5. The van der Waals surface area contributed by atoms with E-state index in [2.05, 4.69) is 21.0 Å². The van der Waals surface area contributed by atoms with E-state index < -0.39 is 33.6 Å². The first-order valence-electron chi connectivity index (χ1n) is 10.8. The second-order valence-corrected chi connectivity index (χ2v) is 11.1. The average Bonchev–Trinajstić information content (AvgIpc) is 3.34. The van der Waals surface area contributed by atoms with E-state index in [0.717, 1.165) is 17.4 Å². The second-order valence-electron chi connectivity index (χ2n) is 7.66. The number of phenolic OH excluding ortho intramolecular Hbond substituents is 1. The number of halogens is 4. The van der Waals surface area contributed by atoms with Gasteiger partial charge in [0.1, 0.15) is 15.8 Å². The molecule has 3 rings (SSSR count). The van der Waals surface area contributed by atoms with Crippen molar-refractivity contribution in [3.05, 3.63) is 69.7 Å². The minimum Gasteiger partial charge on any atom is -0.507 e. The summed E-state index contributed by atoms with van der Waals surface area (Å²) in [5.74, 6) is -1.34. The Morgan fingerprint density at radius 2 is 1.87 bits per heavy atom. The molecule has 0 aliphatic rings. The molecule has 0 bridgehead atoms. The minimum atomic E-state index is -4.57. The van der Waals surface area contributed by atoms with Gasteiger partial charge in [-0.25, -0.2) is 13.4 Å². The number of hydrazine groups is 1. The molecule has 0 aliphatic carbocycles. The highest BCUT2D eigenvalue weighted by Crippen LogP contribution is 2.32. The number of aromatic hydroxyl groups is 1. The van der Waals surface area contributed by atoms with Crippen molar-refractivity contribution in [2.24, 2.45) is 0 Å². The van der Waals surface area contributed by atoms with Gasteiger partial charge in [0.25, 0.3) is 15.9 Å². The summed E-state index contributed by atoms with van der Waals surface area (Å²) >= 11 is 6.67. The van der Waals surface area contributed by atoms with E-state index in [-0.39, 0.29) is 52.3 Å². The van der Waals surface area contributed by atoms with Crippen LogP contribution in [0.4, 0.5) is 19.0 Å². The van der Waals surface area contributed by atoms with Crippen molar-refractivity contribution in [3.8, 4) is 5.75 Å². The third kappa shape index (κ3) is 8.05. The molecule has 0 unspecified atom stereocenters. The number of aromatic nitrogens is 1. The zero-order chi connectivity index (χ0) is 27.9. The van der Waals surface area contributed by atoms with Crippen molar-refractivity contribution < 1.29 is 36.3 Å². The number of benzene rings is 1. The summed E-state index contributed by atoms with van der Waals surface area (Å²) in [5.41, 5.74) is 1.17. The number of thiophene rings is 1. The number of rotatable bonds is 11. The Morgan fingerprint density at radius 3 is 2.55 bits per heavy atom. The third-order valence-electron chi connectivity index (χ3n) is 4.84. The standard InChI is InChI=1S/C22H21ClF3N5O5S2/c23-16-10-13(22(24,25)26)11-28-20(16)27-9-3-6-18(33)30-31-38(35,36)19-8-7-14(37-19)12-29-21(34)15-4-1-2-5-17(15)32/h1-2,4-5,7-8,10-11,31-32H,3,6,9,12H2,(H,27,28)(H,29,34)(H,30,33). The van der Waals surface area contributed by atoms with E-state index in [1.165, 1.54) is 24.3 Å². The number of nitrogens with zero attached hydrogens (tertiary/aromatic N) is 1. The normalized spacial score (nSPS) is 11.7. The Morgan fingerprint density at radius 1 is 1.13 bits per heavy atom. The number of para-hydroxylation sites is 1. The number of alkyl halides is 3. The van der Waals surface area contributed by atoms with Gasteiger partial charge in [0, 0.05) is 24.0 Å². The van der Waals surface area contributed by atoms with E-state index >= 15 is 0 Å². The number of nitrogens with one attached hydrogen (secondary N) is 4. The lowest BCUT2D eigenvalue weighted by molar-refractivity contribution is -0.137. The van der Waals surface area contributed by atoms with Crippen molar-refractivity contribution in [1.29, 1.82) is 0 Å². The van der Waals surface area contributed by atoms with E-state index in [1.807, 2.05) is 4.83 Å². The molecule has 0 saturated carbocycles. The summed E-state index contributed by atoms with van der Waals surface area (Å²) in [6.07, 6.45) is -3.85. The zero-order valence-corrected chi connectivity index (χ0v) is 21.7. The molecule has 38 heavy (non-hydrogen) atoms. The molecule has 204 valence electrons. The fourth-order valence-corrected chi connectivity index (χ4v) is 5.33. The smallest absolute Gasteiger partial charge is 0.417 e. The van der Waals surface area contributed by atoms with Crippen molar-refractivity contribution in [2.75, 3.05) is 11.9 Å². The predicted octanol–water partition coefficient (Wildman–Crippen LogP) is 3.65. The maximum atomic E-state index is 12.7. The van der Waals surface area contributed by atoms with Crippen molar-refractivity contribution in [2.45, 2.75) is 29.8 Å². The molecule has 0 saturated heterocycles. The number of carbonyl (C=O) groups is 2. The highest BCUT2D eigenvalue weighted by molar-refractivity contribution is 7.91. The molecule has 5 N–H and O–H groups in total. The SMILES string of the molecule is O=C(CCCNc1ncc(C(F)(F)F)cc1Cl)NNS(=O)(=O)c1ccc(CNC(=O)c2ccccc2O)s1. The van der Waals surface area contributed by atoms with Gasteiger partial charge in [0.2, 0.25) is 5.91 Å². The second kappa shape index (κ2) is 12.4. The van der Waals surface area contributed by atoms with Crippen LogP contribution in [0.5, 0.6) is 5.75 Å². The fourth-order valence-electron chi connectivity index (χ4n) is 2.94. The van der Waals surface area contributed by atoms with Crippen LogP contribution in [-0.2, 0) is 27.5 Å². The highest BCUT2D eigenvalue weighted by Gasteiger charge is 2.31. The Balaban J connectivity index is 1.42. The monoisotopic (exact) mass is 591 g/mol. The average molecular weight is 592 g/mol. The minimum absolute atomic E-state index is 0.0184. The number of anilines is 1. The summed E-state index contributed by atoms with van der Waals surface area (Å²) in [4.78, 5) is 30.3. The molecule has 0 spiro atoms. The molecule has 2 amide bonds. The van der Waals surface area contributed by atoms with Gasteiger partial charge in [-0.2, -0.15) is 13.2 Å². The highest BCUT2D eigenvalue weighted by atomic mass is 35.5. The summed E-state index contributed by atoms with van der Waals surface area (Å²) in [6, 6.07) is 9.51. The number of hydrogen-bond acceptors (Lipinski definition) is 8. The van der Waals surface area contributed by atoms with Gasteiger partial charge in [-0.15, -0.1) is 16.2 Å². The lowest BCUT2D eigenvalue weighted by Gasteiger charge is -2.11. The maximum absolute atomic E-state index is 12.7. The summed E-state index contributed by atoms with van der Waals surface area (Å²) in [6.45, 7) is 0.156. The van der Waals surface area contributed by atoms with E-state index in [4.69, 9.17) is 11.6 Å². The first kappa shape index (κ1) is 29.2. The molecule has 2 aromatic heterocycles. The van der Waals surface area contributed by atoms with Crippen LogP contribution in [0, 0.1) is 0 Å². The first-order chi connectivity index (χ1) is 17.9. The van der Waals surface area contributed by atoms with Gasteiger partial charge >= 0.3 is 6.18 Å². The van der Waals surface area contributed by atoms with Gasteiger partial charge < -0.3 is 15.7 Å². The molecular formula is C22H21ClF3N5O5S2. The van der Waals surface area contributed by atoms with Crippen molar-refractivity contribution >= 4 is 50.6 Å². The van der Waals surface area contributed by atoms with E-state index in [9.17, 15) is 36.3 Å². The number of pyridine rings is 1. The number of phenols is 1. The molecule has 0 fully saturated rings. The topological polar surface area (TPSA) is 150 Å². The van der Waals surface area contributed by atoms with Gasteiger partial charge in [0.05, 0.1) is 22.7 Å². The largest absolute Gasteiger partial charge is 0.507 e. The molecule has 1 aromatic carbocycles. The van der Waals surface area contributed by atoms with Crippen molar-refractivity contribution in [1.82, 2.24) is 20.6 Å². The van der Waals surface area contributed by atoms with Crippen LogP contribution in [0.2, 0.25) is 5.02 Å². The lowest BCUT2D eigenvalue weighted by Crippen LogP contribution is -2.41. The van der Waals surface area contributed by atoms with Crippen LogP contribution >= 0.6 is 22.9 Å². The van der Waals surface area contributed by atoms with Crippen LogP contribution in [0.1, 0.15) is 33.6 Å². The molecule has 0 aliphatic heterocycles. The predicted molar refractivity (Wildman–Crippen MR) is 134 cm³/mol. The van der Waals surface area contributed by atoms with E-state index in [1.54, 1.807) is 12.1 Å². The number of sulfonamides is 1. The number of carbonyl (C=O) groups excluding carboxylic acids is 2. The van der Waals surface area contributed by atoms with Crippen LogP contribution in [0.3, 0.4) is 0 Å². The van der Waals surface area contributed by atoms with Gasteiger partial charge in [-0.1, -0.05) is 23.7 Å². The molecule has 2 heterocycles. The molecule has 3 aromatic rings. The van der Waals surface area contributed by atoms with Gasteiger partial charge in [0.15, 0.2) is 0 Å². The third-order valence-corrected chi connectivity index (χ3v) is 7.95. The first-order valence-corrected chi connectivity index (χ1v) is 13.5. The van der Waals surface area contributed by atoms with Gasteiger partial charge in [-0.3, -0.25) is 15.0 Å². The summed E-state index contributed by atoms with van der Waals surface area (Å²) in [5, 5.41) is 14.8. The zero-order valence-electron chi connectivity index (χ0n) is 19.3. The molecule has 0 radical (unpaired) electrons. The van der Waals surface area contributed by atoms with Crippen LogP contribution in [-0.4, -0.2) is 36.9 Å². The Hall–Kier alpha value is -3.40. The molecule has 16 heteroatoms. The van der Waals surface area contributed by atoms with Crippen LogP contribution in [0.15, 0.2) is 52.9 Å². The Bertz CT molecular complexity index is 1420. The summed E-state index contributed by atoms with van der Waals surface area (Å²) in [7, 11) is -4.08. The Kier molecular flexibility index (Phi) is 9.54. The fraction of sp³-hybridized carbons (Fsp3) is 0.227. The maximum Gasteiger partial charge on any atom is 0.417 e. The molecule has 10 nitrogen and oxygen atoms in total. The quantitative estimate of drug-likeness (QED) is 0.169. The molecular weight excluding hydrogens is 571 g/mol. The number of amides is 2. The Labute approximate surface area is 224 Å². The van der Waals surface area contributed by atoms with Crippen molar-refractivity contribution in [3.63, 3.8) is 0 Å². The van der Waals surface area contributed by atoms with Crippen LogP contribution < -0.4 is 20.9 Å². The van der Waals surface area contributed by atoms with Gasteiger partial charge in [-0.05, 0) is 36.8 Å².